The lowest BCUT2D eigenvalue weighted by molar-refractivity contribution is 0.0932. The van der Waals surface area contributed by atoms with E-state index in [1.807, 2.05) is 50.2 Å². The van der Waals surface area contributed by atoms with E-state index < -0.39 is 0 Å². The van der Waals surface area contributed by atoms with Crippen LogP contribution >= 0.6 is 0 Å². The van der Waals surface area contributed by atoms with Crippen LogP contribution in [0.1, 0.15) is 60.8 Å². The van der Waals surface area contributed by atoms with Crippen molar-refractivity contribution in [3.05, 3.63) is 65.6 Å². The highest BCUT2D eigenvalue weighted by atomic mass is 16.5. The van der Waals surface area contributed by atoms with Gasteiger partial charge in [0, 0.05) is 37.3 Å². The van der Waals surface area contributed by atoms with Gasteiger partial charge in [-0.05, 0) is 37.8 Å². The number of ether oxygens (including phenoxy) is 2. The molecule has 2 N–H and O–H groups in total. The van der Waals surface area contributed by atoms with Crippen molar-refractivity contribution in [1.82, 2.24) is 30.5 Å². The van der Waals surface area contributed by atoms with E-state index in [4.69, 9.17) is 9.47 Å². The van der Waals surface area contributed by atoms with Gasteiger partial charge >= 0.3 is 6.01 Å². The lowest BCUT2D eigenvalue weighted by Crippen LogP contribution is -2.35. The number of aromatic amines is 1. The number of amides is 1. The number of H-pyrrole nitrogens is 1. The van der Waals surface area contributed by atoms with E-state index in [2.05, 4.69) is 35.4 Å². The standard InChI is InChI=1S/C28H33N7O3/c1-4-18(2)30-27(36)21-16-23(32-28(31-21)38-17-19-8-6-5-7-9-19)35-14-11-20(12-15-35)25-24-22(37-3)10-13-29-26(24)34-33-25/h5-10,13,16,18,20H,4,11-12,14-15,17H2,1-3H3,(H,30,36)(H,29,33,34)/t18-/m1/s1. The van der Waals surface area contributed by atoms with Crippen LogP contribution in [0.2, 0.25) is 0 Å². The number of piperidine rings is 1. The van der Waals surface area contributed by atoms with Gasteiger partial charge in [-0.3, -0.25) is 9.89 Å². The van der Waals surface area contributed by atoms with Crippen molar-refractivity contribution in [2.24, 2.45) is 0 Å². The number of nitrogens with zero attached hydrogens (tertiary/aromatic N) is 5. The second kappa shape index (κ2) is 11.5. The number of nitrogens with one attached hydrogen (secondary N) is 2. The second-order valence-electron chi connectivity index (χ2n) is 9.56. The summed E-state index contributed by atoms with van der Waals surface area (Å²) in [6.45, 7) is 5.83. The molecule has 0 unspecified atom stereocenters. The Hall–Kier alpha value is -4.21. The first-order valence-corrected chi connectivity index (χ1v) is 13.0. The molecule has 10 heteroatoms. The summed E-state index contributed by atoms with van der Waals surface area (Å²) in [7, 11) is 1.66. The maximum absolute atomic E-state index is 13.0. The van der Waals surface area contributed by atoms with Gasteiger partial charge in [0.1, 0.15) is 23.9 Å². The molecule has 1 saturated heterocycles. The highest BCUT2D eigenvalue weighted by Crippen LogP contribution is 2.36. The molecule has 198 valence electrons. The average Bonchev–Trinajstić information content (AvgIpc) is 3.41. The van der Waals surface area contributed by atoms with Crippen LogP contribution in [0.3, 0.4) is 0 Å². The number of methoxy groups -OCH3 is 1. The normalized spacial score (nSPS) is 14.9. The Morgan fingerprint density at radius 3 is 2.71 bits per heavy atom. The summed E-state index contributed by atoms with van der Waals surface area (Å²) in [4.78, 5) is 28.6. The Kier molecular flexibility index (Phi) is 7.67. The van der Waals surface area contributed by atoms with Crippen molar-refractivity contribution >= 4 is 22.8 Å². The maximum Gasteiger partial charge on any atom is 0.319 e. The van der Waals surface area contributed by atoms with Gasteiger partial charge in [0.25, 0.3) is 5.91 Å². The Balaban J connectivity index is 1.35. The van der Waals surface area contributed by atoms with Crippen molar-refractivity contribution in [1.29, 1.82) is 0 Å². The van der Waals surface area contributed by atoms with Crippen molar-refractivity contribution in [3.8, 4) is 11.8 Å². The number of fused-ring (bicyclic) bond motifs is 1. The fourth-order valence-corrected chi connectivity index (χ4v) is 4.67. The van der Waals surface area contributed by atoms with Crippen LogP contribution in [0.4, 0.5) is 5.82 Å². The van der Waals surface area contributed by atoms with Crippen LogP contribution in [0, 0.1) is 0 Å². The van der Waals surface area contributed by atoms with Crippen LogP contribution in [-0.4, -0.2) is 57.3 Å². The van der Waals surface area contributed by atoms with Gasteiger partial charge in [-0.2, -0.15) is 15.1 Å². The molecule has 1 atom stereocenters. The van der Waals surface area contributed by atoms with E-state index in [9.17, 15) is 4.79 Å². The van der Waals surface area contributed by atoms with E-state index in [-0.39, 0.29) is 23.9 Å². The minimum Gasteiger partial charge on any atom is -0.496 e. The molecule has 1 aliphatic rings. The van der Waals surface area contributed by atoms with Crippen molar-refractivity contribution < 1.29 is 14.3 Å². The minimum absolute atomic E-state index is 0.0421. The molecule has 1 amide bonds. The monoisotopic (exact) mass is 515 g/mol. The summed E-state index contributed by atoms with van der Waals surface area (Å²) < 4.78 is 11.5. The van der Waals surface area contributed by atoms with E-state index in [0.29, 0.717) is 18.1 Å². The van der Waals surface area contributed by atoms with Crippen LogP contribution in [0.25, 0.3) is 11.0 Å². The average molecular weight is 516 g/mol. The molecule has 10 nitrogen and oxygen atoms in total. The number of hydrogen-bond donors (Lipinski definition) is 2. The summed E-state index contributed by atoms with van der Waals surface area (Å²) in [5.41, 5.74) is 3.02. The Morgan fingerprint density at radius 2 is 1.97 bits per heavy atom. The zero-order chi connectivity index (χ0) is 26.5. The largest absolute Gasteiger partial charge is 0.496 e. The zero-order valence-corrected chi connectivity index (χ0v) is 22.0. The van der Waals surface area contributed by atoms with Crippen molar-refractivity contribution in [2.45, 2.75) is 51.7 Å². The minimum atomic E-state index is -0.231. The Bertz CT molecular complexity index is 1380. The number of rotatable bonds is 9. The van der Waals surface area contributed by atoms with Crippen LogP contribution in [0.15, 0.2) is 48.7 Å². The molecular weight excluding hydrogens is 482 g/mol. The molecule has 4 heterocycles. The summed E-state index contributed by atoms with van der Waals surface area (Å²) >= 11 is 0. The zero-order valence-electron chi connectivity index (χ0n) is 22.0. The predicted molar refractivity (Wildman–Crippen MR) is 145 cm³/mol. The number of aromatic nitrogens is 5. The van der Waals surface area contributed by atoms with E-state index in [1.54, 1.807) is 19.4 Å². The third-order valence-electron chi connectivity index (χ3n) is 7.00. The molecule has 1 aromatic carbocycles. The van der Waals surface area contributed by atoms with E-state index in [0.717, 1.165) is 60.4 Å². The van der Waals surface area contributed by atoms with E-state index in [1.165, 1.54) is 0 Å². The van der Waals surface area contributed by atoms with Gasteiger partial charge in [0.15, 0.2) is 5.65 Å². The molecule has 1 fully saturated rings. The van der Waals surface area contributed by atoms with Crippen LogP contribution in [-0.2, 0) is 6.61 Å². The van der Waals surface area contributed by atoms with Gasteiger partial charge in [-0.1, -0.05) is 37.3 Å². The molecule has 5 rings (SSSR count). The molecule has 0 spiro atoms. The third kappa shape index (κ3) is 5.53. The highest BCUT2D eigenvalue weighted by Gasteiger charge is 2.27. The van der Waals surface area contributed by atoms with Gasteiger partial charge in [-0.15, -0.1) is 0 Å². The summed E-state index contributed by atoms with van der Waals surface area (Å²) in [5, 5.41) is 11.6. The number of carbonyl (C=O) groups excluding carboxylic acids is 1. The first-order chi connectivity index (χ1) is 18.6. The predicted octanol–water partition coefficient (Wildman–Crippen LogP) is 4.25. The summed E-state index contributed by atoms with van der Waals surface area (Å²) in [6.07, 6.45) is 4.29. The number of anilines is 1. The molecule has 38 heavy (non-hydrogen) atoms. The molecule has 4 aromatic rings. The third-order valence-corrected chi connectivity index (χ3v) is 7.00. The number of hydrogen-bond acceptors (Lipinski definition) is 8. The smallest absolute Gasteiger partial charge is 0.319 e. The molecule has 0 aliphatic carbocycles. The number of benzene rings is 1. The van der Waals surface area contributed by atoms with Gasteiger partial charge in [0.2, 0.25) is 0 Å². The SMILES string of the molecule is CC[C@@H](C)NC(=O)c1cc(N2CCC(c3n[nH]c4nccc(OC)c34)CC2)nc(OCc2ccccc2)n1. The van der Waals surface area contributed by atoms with Gasteiger partial charge in [0.05, 0.1) is 18.2 Å². The maximum atomic E-state index is 13.0. The summed E-state index contributed by atoms with van der Waals surface area (Å²) in [5.74, 6) is 1.48. The first-order valence-electron chi connectivity index (χ1n) is 13.0. The Labute approximate surface area is 221 Å². The van der Waals surface area contributed by atoms with Crippen molar-refractivity contribution in [3.63, 3.8) is 0 Å². The second-order valence-corrected chi connectivity index (χ2v) is 9.56. The van der Waals surface area contributed by atoms with E-state index >= 15 is 0 Å². The fourth-order valence-electron chi connectivity index (χ4n) is 4.67. The number of pyridine rings is 1. The topological polar surface area (TPSA) is 118 Å². The molecule has 0 radical (unpaired) electrons. The van der Waals surface area contributed by atoms with Crippen LogP contribution < -0.4 is 19.7 Å². The van der Waals surface area contributed by atoms with Crippen molar-refractivity contribution in [2.75, 3.05) is 25.1 Å². The lowest BCUT2D eigenvalue weighted by atomic mass is 9.92. The van der Waals surface area contributed by atoms with Gasteiger partial charge in [-0.25, -0.2) is 4.98 Å². The fraction of sp³-hybridized carbons (Fsp3) is 0.393. The van der Waals surface area contributed by atoms with Crippen LogP contribution in [0.5, 0.6) is 11.8 Å². The quantitative estimate of drug-likeness (QED) is 0.340. The molecular formula is C28H33N7O3. The molecule has 1 aliphatic heterocycles. The lowest BCUT2D eigenvalue weighted by Gasteiger charge is -2.32. The first kappa shape index (κ1) is 25.4. The highest BCUT2D eigenvalue weighted by molar-refractivity contribution is 5.93. The van der Waals surface area contributed by atoms with Gasteiger partial charge < -0.3 is 19.7 Å². The molecule has 3 aromatic heterocycles. The Morgan fingerprint density at radius 1 is 1.18 bits per heavy atom. The molecule has 0 saturated carbocycles. The number of carbonyl (C=O) groups is 1. The summed E-state index contributed by atoms with van der Waals surface area (Å²) in [6, 6.07) is 13.7. The molecule has 0 bridgehead atoms.